The number of carbonyl (C=O) groups is 1. The van der Waals surface area contributed by atoms with Gasteiger partial charge in [-0.05, 0) is 12.8 Å². The molecule has 0 aromatic heterocycles. The Morgan fingerprint density at radius 2 is 1.21 bits per heavy atom. The molecule has 1 amide bonds. The third-order valence-electron chi connectivity index (χ3n) is 8.55. The van der Waals surface area contributed by atoms with E-state index in [4.69, 9.17) is 9.47 Å². The standard InChI is InChI=1S/C33H65NO9/c1-3-5-7-9-11-12-13-14-15-16-17-19-21-26(36)29(38)25(34-28(37)22-20-18-10-8-6-4-2)24-42-33-32(41)31(40)30(39)27(23-35)43-33/h25-27,29-33,35-36,38-41H,3-24H2,1-2H3,(H,34,37)/t25-,26+,27+,29-,30-,31-,32+,33-/m0/s1. The number of hydrogen-bond donors (Lipinski definition) is 7. The van der Waals surface area contributed by atoms with Crippen molar-refractivity contribution in [3.8, 4) is 0 Å². The summed E-state index contributed by atoms with van der Waals surface area (Å²) in [5.74, 6) is -0.269. The van der Waals surface area contributed by atoms with Gasteiger partial charge in [0.15, 0.2) is 6.29 Å². The van der Waals surface area contributed by atoms with E-state index in [1.165, 1.54) is 57.8 Å². The molecule has 256 valence electrons. The lowest BCUT2D eigenvalue weighted by Crippen LogP contribution is -2.60. The van der Waals surface area contributed by atoms with Crippen molar-refractivity contribution in [1.29, 1.82) is 0 Å². The lowest BCUT2D eigenvalue weighted by molar-refractivity contribution is -0.303. The van der Waals surface area contributed by atoms with Crippen LogP contribution in [0.25, 0.3) is 0 Å². The van der Waals surface area contributed by atoms with Gasteiger partial charge in [0.05, 0.1) is 25.4 Å². The number of aliphatic hydroxyl groups is 6. The summed E-state index contributed by atoms with van der Waals surface area (Å²) in [5, 5.41) is 64.3. The minimum Gasteiger partial charge on any atom is -0.394 e. The summed E-state index contributed by atoms with van der Waals surface area (Å²) < 4.78 is 11.0. The molecule has 7 N–H and O–H groups in total. The molecule has 1 saturated heterocycles. The normalized spacial score (nSPS) is 24.5. The number of carbonyl (C=O) groups excluding carboxylic acids is 1. The van der Waals surface area contributed by atoms with E-state index in [0.717, 1.165) is 51.4 Å². The molecule has 1 fully saturated rings. The number of ether oxygens (including phenoxy) is 2. The van der Waals surface area contributed by atoms with Crippen LogP contribution >= 0.6 is 0 Å². The van der Waals surface area contributed by atoms with E-state index in [9.17, 15) is 35.4 Å². The number of unbranched alkanes of at least 4 members (excludes halogenated alkanes) is 16. The number of aliphatic hydroxyl groups excluding tert-OH is 6. The zero-order chi connectivity index (χ0) is 31.9. The summed E-state index contributed by atoms with van der Waals surface area (Å²) in [6, 6.07) is -0.979. The van der Waals surface area contributed by atoms with Crippen LogP contribution < -0.4 is 5.32 Å². The molecule has 10 nitrogen and oxygen atoms in total. The van der Waals surface area contributed by atoms with E-state index in [-0.39, 0.29) is 18.9 Å². The highest BCUT2D eigenvalue weighted by atomic mass is 16.7. The predicted octanol–water partition coefficient (Wildman–Crippen LogP) is 3.85. The Bertz CT molecular complexity index is 668. The van der Waals surface area contributed by atoms with Crippen molar-refractivity contribution in [2.75, 3.05) is 13.2 Å². The molecule has 0 aromatic rings. The first kappa shape index (κ1) is 40.2. The molecule has 1 aliphatic heterocycles. The quantitative estimate of drug-likeness (QED) is 0.0675. The fraction of sp³-hybridized carbons (Fsp3) is 0.970. The third kappa shape index (κ3) is 17.4. The number of amides is 1. The lowest BCUT2D eigenvalue weighted by Gasteiger charge is -2.40. The van der Waals surface area contributed by atoms with Crippen LogP contribution in [0.15, 0.2) is 0 Å². The Labute approximate surface area is 260 Å². The van der Waals surface area contributed by atoms with Crippen LogP contribution in [-0.4, -0.2) is 98.7 Å². The Morgan fingerprint density at radius 1 is 0.721 bits per heavy atom. The van der Waals surface area contributed by atoms with Gasteiger partial charge in [0.1, 0.15) is 30.5 Å². The first-order valence-electron chi connectivity index (χ1n) is 17.3. The van der Waals surface area contributed by atoms with Crippen LogP contribution in [-0.2, 0) is 14.3 Å². The van der Waals surface area contributed by atoms with Crippen molar-refractivity contribution in [1.82, 2.24) is 5.32 Å². The number of nitrogens with one attached hydrogen (secondary N) is 1. The summed E-state index contributed by atoms with van der Waals surface area (Å²) in [6.45, 7) is 3.49. The number of rotatable bonds is 27. The maximum Gasteiger partial charge on any atom is 0.220 e. The minimum atomic E-state index is -1.60. The van der Waals surface area contributed by atoms with Crippen molar-refractivity contribution < 1.29 is 44.9 Å². The highest BCUT2D eigenvalue weighted by Gasteiger charge is 2.44. The van der Waals surface area contributed by atoms with E-state index in [1.54, 1.807) is 0 Å². The molecule has 1 aliphatic rings. The summed E-state index contributed by atoms with van der Waals surface area (Å²) in [7, 11) is 0. The van der Waals surface area contributed by atoms with Crippen LogP contribution in [0.2, 0.25) is 0 Å². The zero-order valence-corrected chi connectivity index (χ0v) is 27.1. The molecule has 0 aliphatic carbocycles. The fourth-order valence-corrected chi connectivity index (χ4v) is 5.61. The Kier molecular flexibility index (Phi) is 23.7. The summed E-state index contributed by atoms with van der Waals surface area (Å²) in [6.07, 6.45) is 11.5. The molecule has 1 heterocycles. The van der Waals surface area contributed by atoms with Gasteiger partial charge in [-0.2, -0.15) is 0 Å². The first-order chi connectivity index (χ1) is 20.8. The van der Waals surface area contributed by atoms with Crippen molar-refractivity contribution in [2.24, 2.45) is 0 Å². The van der Waals surface area contributed by atoms with Crippen LogP contribution in [0, 0.1) is 0 Å². The van der Waals surface area contributed by atoms with E-state index in [0.29, 0.717) is 12.8 Å². The second kappa shape index (κ2) is 25.4. The Hall–Kier alpha value is -0.850. The van der Waals surface area contributed by atoms with Gasteiger partial charge in [-0.1, -0.05) is 123 Å². The van der Waals surface area contributed by atoms with Crippen LogP contribution in [0.3, 0.4) is 0 Å². The molecule has 0 radical (unpaired) electrons. The van der Waals surface area contributed by atoms with Gasteiger partial charge in [0.25, 0.3) is 0 Å². The van der Waals surface area contributed by atoms with Gasteiger partial charge in [-0.15, -0.1) is 0 Å². The van der Waals surface area contributed by atoms with Crippen LogP contribution in [0.1, 0.15) is 142 Å². The first-order valence-corrected chi connectivity index (χ1v) is 17.3. The second-order valence-corrected chi connectivity index (χ2v) is 12.5. The molecule has 0 bridgehead atoms. The topological polar surface area (TPSA) is 169 Å². The second-order valence-electron chi connectivity index (χ2n) is 12.5. The molecule has 0 saturated carbocycles. The van der Waals surface area contributed by atoms with Gasteiger partial charge in [-0.25, -0.2) is 0 Å². The average Bonchev–Trinajstić information content (AvgIpc) is 3.00. The lowest BCUT2D eigenvalue weighted by atomic mass is 9.98. The molecule has 10 heteroatoms. The molecular formula is C33H65NO9. The highest BCUT2D eigenvalue weighted by Crippen LogP contribution is 2.23. The average molecular weight is 620 g/mol. The molecule has 0 spiro atoms. The molecule has 43 heavy (non-hydrogen) atoms. The van der Waals surface area contributed by atoms with Crippen molar-refractivity contribution >= 4 is 5.91 Å². The Morgan fingerprint density at radius 3 is 1.72 bits per heavy atom. The van der Waals surface area contributed by atoms with E-state index >= 15 is 0 Å². The van der Waals surface area contributed by atoms with Crippen molar-refractivity contribution in [3.63, 3.8) is 0 Å². The number of hydrogen-bond acceptors (Lipinski definition) is 9. The monoisotopic (exact) mass is 619 g/mol. The predicted molar refractivity (Wildman–Crippen MR) is 167 cm³/mol. The fourth-order valence-electron chi connectivity index (χ4n) is 5.61. The maximum absolute atomic E-state index is 12.7. The van der Waals surface area contributed by atoms with Crippen LogP contribution in [0.5, 0.6) is 0 Å². The zero-order valence-electron chi connectivity index (χ0n) is 27.1. The maximum atomic E-state index is 12.7. The molecule has 0 unspecified atom stereocenters. The summed E-state index contributed by atoms with van der Waals surface area (Å²) in [4.78, 5) is 12.7. The molecule has 1 rings (SSSR count). The van der Waals surface area contributed by atoms with Crippen molar-refractivity contribution in [2.45, 2.75) is 191 Å². The van der Waals surface area contributed by atoms with Gasteiger partial charge in [0, 0.05) is 6.42 Å². The van der Waals surface area contributed by atoms with Gasteiger partial charge in [0.2, 0.25) is 5.91 Å². The highest BCUT2D eigenvalue weighted by molar-refractivity contribution is 5.76. The summed E-state index contributed by atoms with van der Waals surface area (Å²) >= 11 is 0. The third-order valence-corrected chi connectivity index (χ3v) is 8.55. The van der Waals surface area contributed by atoms with Gasteiger partial charge >= 0.3 is 0 Å². The van der Waals surface area contributed by atoms with E-state index in [2.05, 4.69) is 19.2 Å². The Balaban J connectivity index is 2.53. The van der Waals surface area contributed by atoms with Crippen LogP contribution in [0.4, 0.5) is 0 Å². The molecular weight excluding hydrogens is 554 g/mol. The smallest absolute Gasteiger partial charge is 0.220 e. The van der Waals surface area contributed by atoms with E-state index < -0.39 is 55.6 Å². The molecule has 8 atom stereocenters. The molecule has 0 aromatic carbocycles. The van der Waals surface area contributed by atoms with Crippen molar-refractivity contribution in [3.05, 3.63) is 0 Å². The van der Waals surface area contributed by atoms with Gasteiger partial charge < -0.3 is 45.4 Å². The SMILES string of the molecule is CCCCCCCCCCCCCC[C@@H](O)[C@@H](O)[C@H](CO[C@H]1O[C@H](CO)[C@H](O)[C@H](O)[C@H]1O)NC(=O)CCCCCCCC. The minimum absolute atomic E-state index is 0.269. The van der Waals surface area contributed by atoms with Gasteiger partial charge in [-0.3, -0.25) is 4.79 Å². The van der Waals surface area contributed by atoms with E-state index in [1.807, 2.05) is 0 Å². The largest absolute Gasteiger partial charge is 0.394 e. The summed E-state index contributed by atoms with van der Waals surface area (Å²) in [5.41, 5.74) is 0.